The highest BCUT2D eigenvalue weighted by molar-refractivity contribution is 7.99. The Labute approximate surface area is 203 Å². The highest BCUT2D eigenvalue weighted by Gasteiger charge is 2.36. The number of rotatable bonds is 6. The van der Waals surface area contributed by atoms with E-state index < -0.39 is 12.0 Å². The van der Waals surface area contributed by atoms with Crippen molar-refractivity contribution in [2.24, 2.45) is 0 Å². The van der Waals surface area contributed by atoms with Crippen molar-refractivity contribution in [2.75, 3.05) is 16.8 Å². The molecule has 0 bridgehead atoms. The Morgan fingerprint density at radius 3 is 2.44 bits per heavy atom. The van der Waals surface area contributed by atoms with Gasteiger partial charge in [-0.1, -0.05) is 48.5 Å². The molecule has 0 saturated carbocycles. The van der Waals surface area contributed by atoms with Crippen LogP contribution in [0.1, 0.15) is 46.5 Å². The standard InChI is InChI=1S/C27H26N2O4S/c1-4-21(25(30)28-19-13-10-17(3)11-14-19)29-22-16-18(27(32)33-5-2)12-15-24(22)34-23-9-7-6-8-20(23)26(29)31/h6-16,21H,4-5H2,1-3H3,(H,28,30)/t21-/m1/s1. The Morgan fingerprint density at radius 1 is 1.00 bits per heavy atom. The van der Waals surface area contributed by atoms with Crippen molar-refractivity contribution in [3.63, 3.8) is 0 Å². The molecule has 1 heterocycles. The fourth-order valence-corrected chi connectivity index (χ4v) is 4.93. The van der Waals surface area contributed by atoms with E-state index in [1.54, 1.807) is 31.2 Å². The van der Waals surface area contributed by atoms with Crippen molar-refractivity contribution in [1.29, 1.82) is 0 Å². The van der Waals surface area contributed by atoms with Crippen LogP contribution in [0.4, 0.5) is 11.4 Å². The SMILES string of the molecule is CCOC(=O)c1ccc2c(c1)N([C@H](CC)C(=O)Nc1ccc(C)cc1)C(=O)c1ccccc1S2. The Hall–Kier alpha value is -3.58. The van der Waals surface area contributed by atoms with E-state index in [1.807, 2.05) is 56.3 Å². The number of hydrogen-bond acceptors (Lipinski definition) is 5. The van der Waals surface area contributed by atoms with E-state index in [0.29, 0.717) is 28.9 Å². The molecular weight excluding hydrogens is 448 g/mol. The average Bonchev–Trinajstić information content (AvgIpc) is 2.95. The minimum absolute atomic E-state index is 0.245. The summed E-state index contributed by atoms with van der Waals surface area (Å²) in [6.45, 7) is 5.83. The van der Waals surface area contributed by atoms with E-state index in [1.165, 1.54) is 16.7 Å². The van der Waals surface area contributed by atoms with Crippen molar-refractivity contribution in [3.05, 3.63) is 83.4 Å². The van der Waals surface area contributed by atoms with Crippen molar-refractivity contribution in [2.45, 2.75) is 43.0 Å². The van der Waals surface area contributed by atoms with Crippen LogP contribution in [-0.4, -0.2) is 30.4 Å². The van der Waals surface area contributed by atoms with Crippen LogP contribution in [0.2, 0.25) is 0 Å². The second-order valence-corrected chi connectivity index (χ2v) is 9.04. The van der Waals surface area contributed by atoms with E-state index in [4.69, 9.17) is 4.74 Å². The summed E-state index contributed by atoms with van der Waals surface area (Å²) in [6, 6.07) is 19.2. The second-order valence-electron chi connectivity index (χ2n) is 7.96. The molecule has 0 aromatic heterocycles. The van der Waals surface area contributed by atoms with Gasteiger partial charge in [0.25, 0.3) is 5.91 Å². The molecule has 2 amide bonds. The highest BCUT2D eigenvalue weighted by Crippen LogP contribution is 2.43. The number of hydrogen-bond donors (Lipinski definition) is 1. The lowest BCUT2D eigenvalue weighted by molar-refractivity contribution is -0.117. The first-order valence-corrected chi connectivity index (χ1v) is 12.0. The van der Waals surface area contributed by atoms with Gasteiger partial charge in [-0.25, -0.2) is 4.79 Å². The van der Waals surface area contributed by atoms with Crippen LogP contribution in [0.5, 0.6) is 0 Å². The largest absolute Gasteiger partial charge is 0.462 e. The summed E-state index contributed by atoms with van der Waals surface area (Å²) in [5.41, 5.74) is 3.11. The number of carbonyl (C=O) groups excluding carboxylic acids is 3. The minimum atomic E-state index is -0.781. The molecule has 1 atom stereocenters. The van der Waals surface area contributed by atoms with Crippen LogP contribution >= 0.6 is 11.8 Å². The maximum absolute atomic E-state index is 13.8. The molecule has 1 aliphatic rings. The highest BCUT2D eigenvalue weighted by atomic mass is 32.2. The van der Waals surface area contributed by atoms with Gasteiger partial charge in [-0.15, -0.1) is 0 Å². The number of fused-ring (bicyclic) bond motifs is 2. The van der Waals surface area contributed by atoms with Gasteiger partial charge in [-0.3, -0.25) is 14.5 Å². The van der Waals surface area contributed by atoms with E-state index in [0.717, 1.165) is 15.4 Å². The molecule has 1 aliphatic heterocycles. The van der Waals surface area contributed by atoms with Crippen LogP contribution < -0.4 is 10.2 Å². The third-order valence-corrected chi connectivity index (χ3v) is 6.75. The molecule has 1 N–H and O–H groups in total. The van der Waals surface area contributed by atoms with Crippen molar-refractivity contribution in [1.82, 2.24) is 0 Å². The number of carbonyl (C=O) groups is 3. The molecule has 0 aliphatic carbocycles. The molecule has 0 fully saturated rings. The van der Waals surface area contributed by atoms with Gasteiger partial charge in [0.1, 0.15) is 6.04 Å². The van der Waals surface area contributed by atoms with Gasteiger partial charge in [0.15, 0.2) is 0 Å². The Balaban J connectivity index is 1.80. The topological polar surface area (TPSA) is 75.7 Å². The Bertz CT molecular complexity index is 1240. The Kier molecular flexibility index (Phi) is 7.03. The van der Waals surface area contributed by atoms with Crippen LogP contribution in [-0.2, 0) is 9.53 Å². The molecule has 6 nitrogen and oxygen atoms in total. The molecule has 7 heteroatoms. The normalized spacial score (nSPS) is 13.4. The minimum Gasteiger partial charge on any atom is -0.462 e. The average molecular weight is 475 g/mol. The molecular formula is C27H26N2O4S. The van der Waals surface area contributed by atoms with Gasteiger partial charge >= 0.3 is 5.97 Å². The quantitative estimate of drug-likeness (QED) is 0.464. The molecule has 3 aromatic carbocycles. The van der Waals surface area contributed by atoms with E-state index in [2.05, 4.69) is 5.32 Å². The predicted octanol–water partition coefficient (Wildman–Crippen LogP) is 5.70. The number of amides is 2. The van der Waals surface area contributed by atoms with Gasteiger partial charge in [-0.05, 0) is 62.7 Å². The summed E-state index contributed by atoms with van der Waals surface area (Å²) in [5.74, 6) is -1.05. The lowest BCUT2D eigenvalue weighted by atomic mass is 10.1. The molecule has 0 spiro atoms. The third kappa shape index (κ3) is 4.70. The summed E-state index contributed by atoms with van der Waals surface area (Å²) >= 11 is 1.44. The van der Waals surface area contributed by atoms with Gasteiger partial charge in [0.05, 0.1) is 23.4 Å². The summed E-state index contributed by atoms with van der Waals surface area (Å²) in [5, 5.41) is 2.94. The van der Waals surface area contributed by atoms with Crippen LogP contribution in [0, 0.1) is 6.92 Å². The van der Waals surface area contributed by atoms with Crippen molar-refractivity contribution in [3.8, 4) is 0 Å². The third-order valence-electron chi connectivity index (χ3n) is 5.61. The zero-order chi connectivity index (χ0) is 24.2. The molecule has 0 saturated heterocycles. The number of nitrogens with one attached hydrogen (secondary N) is 1. The van der Waals surface area contributed by atoms with Gasteiger partial charge < -0.3 is 10.1 Å². The second kappa shape index (κ2) is 10.1. The first-order chi connectivity index (χ1) is 16.4. The Morgan fingerprint density at radius 2 is 1.74 bits per heavy atom. The van der Waals surface area contributed by atoms with Gasteiger partial charge in [0, 0.05) is 15.5 Å². The zero-order valence-electron chi connectivity index (χ0n) is 19.3. The van der Waals surface area contributed by atoms with E-state index >= 15 is 0 Å². The summed E-state index contributed by atoms with van der Waals surface area (Å²) in [4.78, 5) is 42.8. The van der Waals surface area contributed by atoms with Crippen LogP contribution in [0.3, 0.4) is 0 Å². The van der Waals surface area contributed by atoms with Gasteiger partial charge in [0.2, 0.25) is 5.91 Å². The molecule has 174 valence electrons. The molecule has 34 heavy (non-hydrogen) atoms. The first kappa shape index (κ1) is 23.6. The number of aryl methyl sites for hydroxylation is 1. The fraction of sp³-hybridized carbons (Fsp3) is 0.222. The van der Waals surface area contributed by atoms with Crippen LogP contribution in [0.25, 0.3) is 0 Å². The van der Waals surface area contributed by atoms with Crippen LogP contribution in [0.15, 0.2) is 76.5 Å². The summed E-state index contributed by atoms with van der Waals surface area (Å²) in [7, 11) is 0. The van der Waals surface area contributed by atoms with E-state index in [-0.39, 0.29) is 18.4 Å². The number of benzene rings is 3. The smallest absolute Gasteiger partial charge is 0.338 e. The molecule has 0 radical (unpaired) electrons. The molecule has 3 aromatic rings. The number of esters is 1. The number of nitrogens with zero attached hydrogens (tertiary/aromatic N) is 1. The molecule has 0 unspecified atom stereocenters. The predicted molar refractivity (Wildman–Crippen MR) is 134 cm³/mol. The fourth-order valence-electron chi connectivity index (χ4n) is 3.88. The van der Waals surface area contributed by atoms with Crippen molar-refractivity contribution >= 4 is 40.9 Å². The molecule has 4 rings (SSSR count). The van der Waals surface area contributed by atoms with E-state index in [9.17, 15) is 14.4 Å². The lowest BCUT2D eigenvalue weighted by Crippen LogP contribution is -2.47. The number of ether oxygens (including phenoxy) is 1. The van der Waals surface area contributed by atoms with Crippen molar-refractivity contribution < 1.29 is 19.1 Å². The maximum Gasteiger partial charge on any atom is 0.338 e. The summed E-state index contributed by atoms with van der Waals surface area (Å²) in [6.07, 6.45) is 0.388. The summed E-state index contributed by atoms with van der Waals surface area (Å²) < 4.78 is 5.17. The zero-order valence-corrected chi connectivity index (χ0v) is 20.1. The monoisotopic (exact) mass is 474 g/mol. The van der Waals surface area contributed by atoms with Gasteiger partial charge in [-0.2, -0.15) is 0 Å². The lowest BCUT2D eigenvalue weighted by Gasteiger charge is -2.30. The number of anilines is 2. The first-order valence-electron chi connectivity index (χ1n) is 11.2. The maximum atomic E-state index is 13.8.